The number of rotatable bonds is 3. The number of hydrogen-bond acceptors (Lipinski definition) is 6. The van der Waals surface area contributed by atoms with Crippen molar-refractivity contribution in [2.45, 2.75) is 17.8 Å². The Labute approximate surface area is 110 Å². The lowest BCUT2D eigenvalue weighted by atomic mass is 10.1. The number of hydrogen-bond donors (Lipinski definition) is 1. The summed E-state index contributed by atoms with van der Waals surface area (Å²) < 4.78 is 40.9. The second-order valence-electron chi connectivity index (χ2n) is 4.41. The van der Waals surface area contributed by atoms with E-state index >= 15 is 0 Å². The topological polar surface area (TPSA) is 98.4 Å². The van der Waals surface area contributed by atoms with Gasteiger partial charge in [0.15, 0.2) is 5.82 Å². The van der Waals surface area contributed by atoms with Crippen LogP contribution in [0.25, 0.3) is 0 Å². The minimum absolute atomic E-state index is 0.171. The van der Waals surface area contributed by atoms with Crippen LogP contribution in [0.2, 0.25) is 0 Å². The van der Waals surface area contributed by atoms with Crippen LogP contribution in [0.1, 0.15) is 6.42 Å². The van der Waals surface area contributed by atoms with Crippen LogP contribution in [0.4, 0.5) is 10.3 Å². The summed E-state index contributed by atoms with van der Waals surface area (Å²) in [5.41, 5.74) is 0. The molecule has 2 atom stereocenters. The molecule has 9 heteroatoms. The van der Waals surface area contributed by atoms with Crippen molar-refractivity contribution in [3.8, 4) is 0 Å². The van der Waals surface area contributed by atoms with Crippen LogP contribution in [-0.2, 0) is 14.8 Å². The molecule has 1 aromatic rings. The van der Waals surface area contributed by atoms with E-state index in [1.165, 1.54) is 7.11 Å². The summed E-state index contributed by atoms with van der Waals surface area (Å²) >= 11 is 0. The first-order valence-electron chi connectivity index (χ1n) is 5.67. The number of nitrogens with two attached hydrogens (primary N) is 1. The highest BCUT2D eigenvalue weighted by molar-refractivity contribution is 7.89. The second kappa shape index (κ2) is 5.35. The lowest BCUT2D eigenvalue weighted by Crippen LogP contribution is -2.51. The van der Waals surface area contributed by atoms with Gasteiger partial charge in [0.1, 0.15) is 0 Å². The molecule has 0 aliphatic carbocycles. The molecule has 0 amide bonds. The molecule has 2 heterocycles. The van der Waals surface area contributed by atoms with Gasteiger partial charge in [-0.25, -0.2) is 27.9 Å². The summed E-state index contributed by atoms with van der Waals surface area (Å²) in [5.74, 6) is -0.288. The molecular weight excluding hydrogens is 275 g/mol. The van der Waals surface area contributed by atoms with Crippen molar-refractivity contribution in [2.24, 2.45) is 5.14 Å². The quantitative estimate of drug-likeness (QED) is 0.805. The standard InChI is InChI=1S/C10H15FN4O3S/c1-18-8-2-9(19(12,16)17)6-15(5-8)10-13-3-7(11)4-14-10/h3-4,8-9H,2,5-6H2,1H3,(H2,12,16,17)/t8-,9+/m0/s1. The van der Waals surface area contributed by atoms with Crippen molar-refractivity contribution in [1.29, 1.82) is 0 Å². The predicted octanol–water partition coefficient (Wildman–Crippen LogP) is -0.502. The van der Waals surface area contributed by atoms with Gasteiger partial charge < -0.3 is 9.64 Å². The zero-order valence-electron chi connectivity index (χ0n) is 10.4. The molecule has 0 spiro atoms. The lowest BCUT2D eigenvalue weighted by Gasteiger charge is -2.35. The number of sulfonamides is 1. The van der Waals surface area contributed by atoms with E-state index in [4.69, 9.17) is 9.88 Å². The van der Waals surface area contributed by atoms with Crippen LogP contribution in [0.5, 0.6) is 0 Å². The average Bonchev–Trinajstić information content (AvgIpc) is 2.38. The van der Waals surface area contributed by atoms with E-state index in [-0.39, 0.29) is 18.6 Å². The molecule has 1 aromatic heterocycles. The van der Waals surface area contributed by atoms with Gasteiger partial charge in [-0.3, -0.25) is 0 Å². The van der Waals surface area contributed by atoms with Crippen molar-refractivity contribution in [3.63, 3.8) is 0 Å². The second-order valence-corrected chi connectivity index (χ2v) is 6.26. The number of anilines is 1. The molecule has 1 saturated heterocycles. The molecule has 106 valence electrons. The van der Waals surface area contributed by atoms with Crippen molar-refractivity contribution < 1.29 is 17.5 Å². The van der Waals surface area contributed by atoms with E-state index in [0.29, 0.717) is 13.0 Å². The number of ether oxygens (including phenoxy) is 1. The predicted molar refractivity (Wildman–Crippen MR) is 66.5 cm³/mol. The van der Waals surface area contributed by atoms with Gasteiger partial charge in [-0.2, -0.15) is 0 Å². The number of primary sulfonamides is 1. The van der Waals surface area contributed by atoms with E-state index in [1.54, 1.807) is 4.90 Å². The van der Waals surface area contributed by atoms with Crippen LogP contribution in [0, 0.1) is 5.82 Å². The molecule has 2 N–H and O–H groups in total. The van der Waals surface area contributed by atoms with Crippen LogP contribution < -0.4 is 10.0 Å². The molecule has 0 saturated carbocycles. The minimum Gasteiger partial charge on any atom is -0.380 e. The van der Waals surface area contributed by atoms with Gasteiger partial charge in [-0.15, -0.1) is 0 Å². The fourth-order valence-electron chi connectivity index (χ4n) is 2.05. The minimum atomic E-state index is -3.67. The van der Waals surface area contributed by atoms with Gasteiger partial charge in [0.25, 0.3) is 0 Å². The van der Waals surface area contributed by atoms with Crippen molar-refractivity contribution in [2.75, 3.05) is 25.1 Å². The zero-order chi connectivity index (χ0) is 14.0. The summed E-state index contributed by atoms with van der Waals surface area (Å²) in [4.78, 5) is 9.30. The van der Waals surface area contributed by atoms with Crippen LogP contribution in [0.15, 0.2) is 12.4 Å². The number of halogens is 1. The first-order valence-corrected chi connectivity index (χ1v) is 7.28. The maximum atomic E-state index is 12.8. The van der Waals surface area contributed by atoms with E-state index in [9.17, 15) is 12.8 Å². The smallest absolute Gasteiger partial charge is 0.225 e. The summed E-state index contributed by atoms with van der Waals surface area (Å²) in [6.45, 7) is 0.610. The first-order chi connectivity index (χ1) is 8.90. The molecule has 0 aromatic carbocycles. The first kappa shape index (κ1) is 14.1. The molecule has 7 nitrogen and oxygen atoms in total. The maximum Gasteiger partial charge on any atom is 0.225 e. The molecule has 0 bridgehead atoms. The highest BCUT2D eigenvalue weighted by Gasteiger charge is 2.34. The van der Waals surface area contributed by atoms with Gasteiger partial charge in [-0.05, 0) is 6.42 Å². The summed E-state index contributed by atoms with van der Waals surface area (Å²) in [6, 6.07) is 0. The Morgan fingerprint density at radius 1 is 1.42 bits per heavy atom. The van der Waals surface area contributed by atoms with Gasteiger partial charge in [0, 0.05) is 20.2 Å². The molecule has 2 rings (SSSR count). The summed E-state index contributed by atoms with van der Waals surface area (Å²) in [5, 5.41) is 4.43. The number of methoxy groups -OCH3 is 1. The fourth-order valence-corrected chi connectivity index (χ4v) is 2.92. The Kier molecular flexibility index (Phi) is 3.97. The van der Waals surface area contributed by atoms with E-state index in [2.05, 4.69) is 9.97 Å². The third-order valence-electron chi connectivity index (χ3n) is 3.06. The summed E-state index contributed by atoms with van der Waals surface area (Å²) in [6.07, 6.45) is 2.10. The van der Waals surface area contributed by atoms with Gasteiger partial charge in [0.05, 0.1) is 23.7 Å². The molecule has 1 aliphatic heterocycles. The Morgan fingerprint density at radius 2 is 2.05 bits per heavy atom. The number of nitrogens with zero attached hydrogens (tertiary/aromatic N) is 3. The lowest BCUT2D eigenvalue weighted by molar-refractivity contribution is 0.0898. The Morgan fingerprint density at radius 3 is 2.58 bits per heavy atom. The monoisotopic (exact) mass is 290 g/mol. The fraction of sp³-hybridized carbons (Fsp3) is 0.600. The Hall–Kier alpha value is -1.32. The van der Waals surface area contributed by atoms with Crippen molar-refractivity contribution in [1.82, 2.24) is 9.97 Å². The number of piperidine rings is 1. The van der Waals surface area contributed by atoms with Crippen LogP contribution in [0.3, 0.4) is 0 Å². The largest absolute Gasteiger partial charge is 0.380 e. The molecule has 1 fully saturated rings. The molecule has 19 heavy (non-hydrogen) atoms. The highest BCUT2D eigenvalue weighted by atomic mass is 32.2. The van der Waals surface area contributed by atoms with Crippen molar-refractivity contribution >= 4 is 16.0 Å². The summed E-state index contributed by atoms with van der Waals surface area (Å²) in [7, 11) is -2.17. The highest BCUT2D eigenvalue weighted by Crippen LogP contribution is 2.21. The van der Waals surface area contributed by atoms with Gasteiger partial charge in [0.2, 0.25) is 16.0 Å². The average molecular weight is 290 g/mol. The number of aromatic nitrogens is 2. The van der Waals surface area contributed by atoms with E-state index < -0.39 is 21.1 Å². The van der Waals surface area contributed by atoms with Crippen LogP contribution >= 0.6 is 0 Å². The molecular formula is C10H15FN4O3S. The van der Waals surface area contributed by atoms with E-state index in [1.807, 2.05) is 0 Å². The Balaban J connectivity index is 2.22. The third kappa shape index (κ3) is 3.37. The maximum absolute atomic E-state index is 12.8. The molecule has 0 unspecified atom stereocenters. The third-order valence-corrected chi connectivity index (χ3v) is 4.33. The molecule has 1 aliphatic rings. The molecule has 0 radical (unpaired) electrons. The Bertz CT molecular complexity index is 536. The van der Waals surface area contributed by atoms with Crippen LogP contribution in [-0.4, -0.2) is 49.9 Å². The zero-order valence-corrected chi connectivity index (χ0v) is 11.2. The van der Waals surface area contributed by atoms with Gasteiger partial charge in [-0.1, -0.05) is 0 Å². The van der Waals surface area contributed by atoms with Crippen molar-refractivity contribution in [3.05, 3.63) is 18.2 Å². The normalized spacial score (nSPS) is 24.5. The van der Waals surface area contributed by atoms with Gasteiger partial charge >= 0.3 is 0 Å². The SMILES string of the molecule is CO[C@H]1C[C@@H](S(N)(=O)=O)CN(c2ncc(F)cn2)C1. The van der Waals surface area contributed by atoms with E-state index in [0.717, 1.165) is 12.4 Å².